The van der Waals surface area contributed by atoms with Crippen LogP contribution in [0.25, 0.3) is 0 Å². The molecular formula is C14H25NOS. The van der Waals surface area contributed by atoms with Crippen molar-refractivity contribution in [2.24, 2.45) is 0 Å². The molecule has 3 heteroatoms. The van der Waals surface area contributed by atoms with Gasteiger partial charge in [0.15, 0.2) is 0 Å². The minimum absolute atomic E-state index is 0.489. The molecule has 2 nitrogen and oxygen atoms in total. The van der Waals surface area contributed by atoms with Crippen molar-refractivity contribution in [3.8, 4) is 0 Å². The summed E-state index contributed by atoms with van der Waals surface area (Å²) in [6, 6.07) is 4.99. The Morgan fingerprint density at radius 3 is 2.76 bits per heavy atom. The lowest BCUT2D eigenvalue weighted by Crippen LogP contribution is -2.19. The molecule has 0 bridgehead atoms. The van der Waals surface area contributed by atoms with E-state index in [0.717, 1.165) is 19.6 Å². The first-order chi connectivity index (χ1) is 8.27. The summed E-state index contributed by atoms with van der Waals surface area (Å²) in [7, 11) is 1.77. The van der Waals surface area contributed by atoms with Crippen molar-refractivity contribution in [3.63, 3.8) is 0 Å². The van der Waals surface area contributed by atoms with E-state index in [-0.39, 0.29) is 0 Å². The van der Waals surface area contributed by atoms with E-state index in [4.69, 9.17) is 4.74 Å². The molecule has 0 fully saturated rings. The van der Waals surface area contributed by atoms with Crippen molar-refractivity contribution < 1.29 is 4.74 Å². The smallest absolute Gasteiger partial charge is 0.0462 e. The lowest BCUT2D eigenvalue weighted by Gasteiger charge is -2.11. The molecule has 0 amide bonds. The molecule has 17 heavy (non-hydrogen) atoms. The molecule has 1 rings (SSSR count). The first kappa shape index (κ1) is 14.7. The molecule has 0 saturated carbocycles. The van der Waals surface area contributed by atoms with E-state index in [0.29, 0.717) is 6.04 Å². The molecule has 1 aromatic heterocycles. The monoisotopic (exact) mass is 255 g/mol. The van der Waals surface area contributed by atoms with E-state index < -0.39 is 0 Å². The third-order valence-corrected chi connectivity index (χ3v) is 4.35. The van der Waals surface area contributed by atoms with E-state index in [9.17, 15) is 0 Å². The van der Waals surface area contributed by atoms with Crippen molar-refractivity contribution >= 4 is 11.3 Å². The van der Waals surface area contributed by atoms with Crippen LogP contribution in [0.4, 0.5) is 0 Å². The summed E-state index contributed by atoms with van der Waals surface area (Å²) in [6.45, 7) is 6.45. The fraction of sp³-hybridized carbons (Fsp3) is 0.714. The topological polar surface area (TPSA) is 21.3 Å². The maximum absolute atomic E-state index is 5.04. The summed E-state index contributed by atoms with van der Waals surface area (Å²) in [4.78, 5) is 2.94. The number of hydrogen-bond acceptors (Lipinski definition) is 3. The Bertz CT molecular complexity index is 298. The Kier molecular flexibility index (Phi) is 7.49. The minimum Gasteiger partial charge on any atom is -0.385 e. The number of rotatable bonds is 9. The van der Waals surface area contributed by atoms with Crippen LogP contribution in [0.5, 0.6) is 0 Å². The first-order valence-corrected chi connectivity index (χ1v) is 7.40. The van der Waals surface area contributed by atoms with Crippen LogP contribution in [0, 0.1) is 0 Å². The molecule has 0 aliphatic heterocycles. The van der Waals surface area contributed by atoms with Crippen LogP contribution in [0.15, 0.2) is 12.1 Å². The summed E-state index contributed by atoms with van der Waals surface area (Å²) in [5, 5.41) is 3.58. The zero-order valence-electron chi connectivity index (χ0n) is 11.3. The van der Waals surface area contributed by atoms with E-state index in [1.807, 2.05) is 11.3 Å². The summed E-state index contributed by atoms with van der Waals surface area (Å²) in [5.74, 6) is 0. The number of unbranched alkanes of at least 4 members (excludes halogenated alkanes) is 2. The maximum atomic E-state index is 5.04. The van der Waals surface area contributed by atoms with Gasteiger partial charge in [-0.05, 0) is 51.3 Å². The standard InChI is InChI=1S/C14H25NOS/c1-4-13-8-9-14(17-13)12(2)15-10-6-5-7-11-16-3/h8-9,12,15H,4-7,10-11H2,1-3H3. The normalized spacial score (nSPS) is 12.9. The van der Waals surface area contributed by atoms with Gasteiger partial charge in [0.05, 0.1) is 0 Å². The van der Waals surface area contributed by atoms with Crippen LogP contribution in [0.2, 0.25) is 0 Å². The van der Waals surface area contributed by atoms with Crippen molar-refractivity contribution in [1.29, 1.82) is 0 Å². The van der Waals surface area contributed by atoms with E-state index in [1.54, 1.807) is 7.11 Å². The summed E-state index contributed by atoms with van der Waals surface area (Å²) in [5.41, 5.74) is 0. The Morgan fingerprint density at radius 1 is 1.29 bits per heavy atom. The molecule has 0 saturated heterocycles. The number of aryl methyl sites for hydroxylation is 1. The Labute approximate surface area is 109 Å². The highest BCUT2D eigenvalue weighted by molar-refractivity contribution is 7.12. The summed E-state index contributed by atoms with van der Waals surface area (Å²) in [6.07, 6.45) is 4.80. The van der Waals surface area contributed by atoms with E-state index >= 15 is 0 Å². The summed E-state index contributed by atoms with van der Waals surface area (Å²) >= 11 is 1.93. The van der Waals surface area contributed by atoms with Gasteiger partial charge in [-0.1, -0.05) is 6.92 Å². The number of nitrogens with one attached hydrogen (secondary N) is 1. The highest BCUT2D eigenvalue weighted by atomic mass is 32.1. The van der Waals surface area contributed by atoms with Gasteiger partial charge in [0.2, 0.25) is 0 Å². The van der Waals surface area contributed by atoms with E-state index in [1.165, 1.54) is 29.0 Å². The molecule has 98 valence electrons. The molecular weight excluding hydrogens is 230 g/mol. The van der Waals surface area contributed by atoms with Crippen LogP contribution in [0.3, 0.4) is 0 Å². The van der Waals surface area contributed by atoms with Gasteiger partial charge in [-0.3, -0.25) is 0 Å². The molecule has 1 N–H and O–H groups in total. The van der Waals surface area contributed by atoms with Gasteiger partial charge >= 0.3 is 0 Å². The van der Waals surface area contributed by atoms with Gasteiger partial charge in [-0.15, -0.1) is 11.3 Å². The fourth-order valence-corrected chi connectivity index (χ4v) is 2.76. The van der Waals surface area contributed by atoms with Gasteiger partial charge in [0.25, 0.3) is 0 Å². The number of hydrogen-bond donors (Lipinski definition) is 1. The highest BCUT2D eigenvalue weighted by Gasteiger charge is 2.06. The number of ether oxygens (including phenoxy) is 1. The third-order valence-electron chi connectivity index (χ3n) is 2.93. The van der Waals surface area contributed by atoms with Crippen LogP contribution < -0.4 is 5.32 Å². The zero-order chi connectivity index (χ0) is 12.5. The molecule has 0 spiro atoms. The molecule has 0 aromatic carbocycles. The van der Waals surface area contributed by atoms with Crippen molar-refractivity contribution in [2.45, 2.75) is 45.6 Å². The first-order valence-electron chi connectivity index (χ1n) is 6.58. The molecule has 0 aliphatic rings. The van der Waals surface area contributed by atoms with Crippen molar-refractivity contribution in [2.75, 3.05) is 20.3 Å². The summed E-state index contributed by atoms with van der Waals surface area (Å²) < 4.78 is 5.04. The molecule has 0 radical (unpaired) electrons. The Hall–Kier alpha value is -0.380. The van der Waals surface area contributed by atoms with Gasteiger partial charge < -0.3 is 10.1 Å². The van der Waals surface area contributed by atoms with Crippen molar-refractivity contribution in [3.05, 3.63) is 21.9 Å². The van der Waals surface area contributed by atoms with Gasteiger partial charge in [0, 0.05) is 29.5 Å². The molecule has 1 atom stereocenters. The fourth-order valence-electron chi connectivity index (χ4n) is 1.78. The van der Waals surface area contributed by atoms with E-state index in [2.05, 4.69) is 31.3 Å². The molecule has 0 aliphatic carbocycles. The quantitative estimate of drug-likeness (QED) is 0.678. The molecule has 1 aromatic rings. The number of thiophene rings is 1. The van der Waals surface area contributed by atoms with Crippen LogP contribution in [-0.4, -0.2) is 20.3 Å². The van der Waals surface area contributed by atoms with Gasteiger partial charge in [0.1, 0.15) is 0 Å². The van der Waals surface area contributed by atoms with Crippen molar-refractivity contribution in [1.82, 2.24) is 5.32 Å². The highest BCUT2D eigenvalue weighted by Crippen LogP contribution is 2.23. The average molecular weight is 255 g/mol. The molecule has 1 unspecified atom stereocenters. The lowest BCUT2D eigenvalue weighted by atomic mass is 10.2. The predicted molar refractivity (Wildman–Crippen MR) is 75.8 cm³/mol. The number of methoxy groups -OCH3 is 1. The second kappa shape index (κ2) is 8.67. The second-order valence-electron chi connectivity index (χ2n) is 4.39. The molecule has 1 heterocycles. The van der Waals surface area contributed by atoms with Crippen LogP contribution in [0.1, 0.15) is 48.9 Å². The van der Waals surface area contributed by atoms with Gasteiger partial charge in [-0.25, -0.2) is 0 Å². The maximum Gasteiger partial charge on any atom is 0.0462 e. The van der Waals surface area contributed by atoms with Gasteiger partial charge in [-0.2, -0.15) is 0 Å². The SMILES string of the molecule is CCc1ccc(C(C)NCCCCCOC)s1. The van der Waals surface area contributed by atoms with Crippen LogP contribution in [-0.2, 0) is 11.2 Å². The average Bonchev–Trinajstić information content (AvgIpc) is 2.82. The third kappa shape index (κ3) is 5.66. The Morgan fingerprint density at radius 2 is 2.12 bits per heavy atom. The lowest BCUT2D eigenvalue weighted by molar-refractivity contribution is 0.192. The van der Waals surface area contributed by atoms with Crippen LogP contribution >= 0.6 is 11.3 Å². The Balaban J connectivity index is 2.14. The minimum atomic E-state index is 0.489. The second-order valence-corrected chi connectivity index (χ2v) is 5.59. The predicted octanol–water partition coefficient (Wildman–Crippen LogP) is 3.78. The zero-order valence-corrected chi connectivity index (χ0v) is 12.1. The largest absolute Gasteiger partial charge is 0.385 e.